The average Bonchev–Trinajstić information content (AvgIpc) is 3.00. The predicted molar refractivity (Wildman–Crippen MR) is 87.6 cm³/mol. The summed E-state index contributed by atoms with van der Waals surface area (Å²) in [4.78, 5) is 14.1. The molecule has 0 bridgehead atoms. The summed E-state index contributed by atoms with van der Waals surface area (Å²) < 4.78 is 25.4. The van der Waals surface area contributed by atoms with Crippen molar-refractivity contribution in [3.8, 4) is 0 Å². The van der Waals surface area contributed by atoms with Crippen LogP contribution in [0.3, 0.4) is 0 Å². The molecule has 0 saturated carbocycles. The van der Waals surface area contributed by atoms with Crippen LogP contribution in [0.25, 0.3) is 0 Å². The lowest BCUT2D eigenvalue weighted by atomic mass is 9.78. The van der Waals surface area contributed by atoms with Gasteiger partial charge in [-0.2, -0.15) is 0 Å². The zero-order valence-electron chi connectivity index (χ0n) is 14.1. The number of hydrogen-bond donors (Lipinski definition) is 0. The second kappa shape index (κ2) is 5.60. The lowest BCUT2D eigenvalue weighted by Gasteiger charge is -2.32. The Balaban J connectivity index is 1.80. The molecule has 4 nitrogen and oxygen atoms in total. The van der Waals surface area contributed by atoms with Crippen LogP contribution in [0.5, 0.6) is 0 Å². The summed E-state index contributed by atoms with van der Waals surface area (Å²) in [7, 11) is -0.500. The van der Waals surface area contributed by atoms with Crippen molar-refractivity contribution in [1.29, 1.82) is 0 Å². The SMILES string of the molecule is CC1(C)OB(c2cccc(C(=O)N3CCC(F)C3)c2)OC1(C)C. The fourth-order valence-corrected chi connectivity index (χ4v) is 2.88. The maximum absolute atomic E-state index is 13.3. The summed E-state index contributed by atoms with van der Waals surface area (Å²) in [5.74, 6) is -0.136. The molecule has 2 aliphatic rings. The van der Waals surface area contributed by atoms with Gasteiger partial charge in [0, 0.05) is 12.1 Å². The number of rotatable bonds is 2. The van der Waals surface area contributed by atoms with Crippen LogP contribution in [-0.4, -0.2) is 48.4 Å². The third-order valence-corrected chi connectivity index (χ3v) is 5.08. The zero-order chi connectivity index (χ0) is 16.8. The number of likely N-dealkylation sites (tertiary alicyclic amines) is 1. The third kappa shape index (κ3) is 3.02. The number of amides is 1. The standard InChI is InChI=1S/C17H23BFNO3/c1-16(2)17(3,4)23-18(22-16)13-7-5-6-12(10-13)15(21)20-9-8-14(19)11-20/h5-7,10,14H,8-9,11H2,1-4H3. The van der Waals surface area contributed by atoms with Crippen molar-refractivity contribution in [1.82, 2.24) is 4.90 Å². The van der Waals surface area contributed by atoms with Crippen LogP contribution in [-0.2, 0) is 9.31 Å². The largest absolute Gasteiger partial charge is 0.494 e. The minimum absolute atomic E-state index is 0.136. The summed E-state index contributed by atoms with van der Waals surface area (Å²) in [5, 5.41) is 0. The molecule has 2 saturated heterocycles. The van der Waals surface area contributed by atoms with E-state index in [0.29, 0.717) is 18.5 Å². The van der Waals surface area contributed by atoms with Gasteiger partial charge in [0.1, 0.15) is 6.17 Å². The van der Waals surface area contributed by atoms with Crippen molar-refractivity contribution in [2.45, 2.75) is 51.5 Å². The van der Waals surface area contributed by atoms with E-state index in [9.17, 15) is 9.18 Å². The van der Waals surface area contributed by atoms with Crippen LogP contribution in [0.2, 0.25) is 0 Å². The minimum Gasteiger partial charge on any atom is -0.399 e. The number of halogens is 1. The van der Waals surface area contributed by atoms with Crippen molar-refractivity contribution < 1.29 is 18.5 Å². The van der Waals surface area contributed by atoms with Gasteiger partial charge in [0.05, 0.1) is 17.7 Å². The number of alkyl halides is 1. The molecule has 1 aromatic carbocycles. The van der Waals surface area contributed by atoms with Gasteiger partial charge >= 0.3 is 7.12 Å². The lowest BCUT2D eigenvalue weighted by molar-refractivity contribution is 0.00578. The molecule has 2 fully saturated rings. The van der Waals surface area contributed by atoms with Crippen molar-refractivity contribution in [3.05, 3.63) is 29.8 Å². The number of benzene rings is 1. The summed E-state index contributed by atoms with van der Waals surface area (Å²) in [5.41, 5.74) is 0.513. The van der Waals surface area contributed by atoms with Gasteiger partial charge < -0.3 is 14.2 Å². The highest BCUT2D eigenvalue weighted by molar-refractivity contribution is 6.62. The molecule has 0 radical (unpaired) electrons. The Bertz CT molecular complexity index is 604. The Kier molecular flexibility index (Phi) is 4.01. The van der Waals surface area contributed by atoms with Crippen LogP contribution in [0.4, 0.5) is 4.39 Å². The number of nitrogens with zero attached hydrogens (tertiary/aromatic N) is 1. The van der Waals surface area contributed by atoms with Crippen LogP contribution < -0.4 is 5.46 Å². The Labute approximate surface area is 137 Å². The highest BCUT2D eigenvalue weighted by Gasteiger charge is 2.51. The Morgan fingerprint density at radius 3 is 2.48 bits per heavy atom. The summed E-state index contributed by atoms with van der Waals surface area (Å²) >= 11 is 0. The molecule has 6 heteroatoms. The molecule has 0 spiro atoms. The highest BCUT2D eigenvalue weighted by Crippen LogP contribution is 2.36. The van der Waals surface area contributed by atoms with E-state index >= 15 is 0 Å². The maximum atomic E-state index is 13.3. The first-order chi connectivity index (χ1) is 10.7. The second-order valence-corrected chi connectivity index (χ2v) is 7.35. The van der Waals surface area contributed by atoms with Crippen LogP contribution in [0, 0.1) is 0 Å². The van der Waals surface area contributed by atoms with E-state index in [2.05, 4.69) is 0 Å². The van der Waals surface area contributed by atoms with Gasteiger partial charge in [-0.05, 0) is 51.7 Å². The molecular formula is C17H23BFNO3. The Morgan fingerprint density at radius 2 is 1.91 bits per heavy atom. The molecule has 1 atom stereocenters. The smallest absolute Gasteiger partial charge is 0.399 e. The fraction of sp³-hybridized carbons (Fsp3) is 0.588. The number of carbonyl (C=O) groups excluding carboxylic acids is 1. The molecular weight excluding hydrogens is 296 g/mol. The zero-order valence-corrected chi connectivity index (χ0v) is 14.1. The molecule has 23 heavy (non-hydrogen) atoms. The van der Waals surface area contributed by atoms with E-state index in [4.69, 9.17) is 9.31 Å². The van der Waals surface area contributed by atoms with Crippen molar-refractivity contribution in [3.63, 3.8) is 0 Å². The van der Waals surface area contributed by atoms with E-state index in [1.165, 1.54) is 0 Å². The first-order valence-electron chi connectivity index (χ1n) is 8.08. The third-order valence-electron chi connectivity index (χ3n) is 5.08. The van der Waals surface area contributed by atoms with Gasteiger partial charge in [0.25, 0.3) is 5.91 Å². The molecule has 3 rings (SSSR count). The Hall–Kier alpha value is -1.40. The summed E-state index contributed by atoms with van der Waals surface area (Å²) in [6.45, 7) is 8.63. The second-order valence-electron chi connectivity index (χ2n) is 7.35. The van der Waals surface area contributed by atoms with E-state index in [1.54, 1.807) is 17.0 Å². The number of hydrogen-bond acceptors (Lipinski definition) is 3. The molecule has 1 aromatic rings. The van der Waals surface area contributed by atoms with Gasteiger partial charge in [-0.15, -0.1) is 0 Å². The predicted octanol–water partition coefficient (Wildman–Crippen LogP) is 2.17. The Morgan fingerprint density at radius 1 is 1.26 bits per heavy atom. The molecule has 0 aliphatic carbocycles. The lowest BCUT2D eigenvalue weighted by Crippen LogP contribution is -2.41. The maximum Gasteiger partial charge on any atom is 0.494 e. The monoisotopic (exact) mass is 319 g/mol. The van der Waals surface area contributed by atoms with Gasteiger partial charge in [0.2, 0.25) is 0 Å². The normalized spacial score (nSPS) is 25.9. The quantitative estimate of drug-likeness (QED) is 0.784. The van der Waals surface area contributed by atoms with Gasteiger partial charge in [-0.25, -0.2) is 4.39 Å². The molecule has 2 aliphatic heterocycles. The van der Waals surface area contributed by atoms with E-state index in [1.807, 2.05) is 39.8 Å². The summed E-state index contributed by atoms with van der Waals surface area (Å²) in [6.07, 6.45) is -0.493. The molecule has 124 valence electrons. The molecule has 0 N–H and O–H groups in total. The fourth-order valence-electron chi connectivity index (χ4n) is 2.88. The summed E-state index contributed by atoms with van der Waals surface area (Å²) in [6, 6.07) is 7.25. The topological polar surface area (TPSA) is 38.8 Å². The van der Waals surface area contributed by atoms with Gasteiger partial charge in [-0.1, -0.05) is 12.1 Å². The average molecular weight is 319 g/mol. The van der Waals surface area contributed by atoms with Crippen molar-refractivity contribution >= 4 is 18.5 Å². The first kappa shape index (κ1) is 16.5. The minimum atomic E-state index is -0.912. The van der Waals surface area contributed by atoms with Crippen LogP contribution in [0.15, 0.2) is 24.3 Å². The van der Waals surface area contributed by atoms with Gasteiger partial charge in [0.15, 0.2) is 0 Å². The van der Waals surface area contributed by atoms with Crippen LogP contribution >= 0.6 is 0 Å². The molecule has 1 amide bonds. The van der Waals surface area contributed by atoms with E-state index in [-0.39, 0.29) is 12.5 Å². The van der Waals surface area contributed by atoms with Crippen LogP contribution in [0.1, 0.15) is 44.5 Å². The molecule has 1 unspecified atom stereocenters. The highest BCUT2D eigenvalue weighted by atomic mass is 19.1. The molecule has 0 aromatic heterocycles. The van der Waals surface area contributed by atoms with E-state index in [0.717, 1.165) is 5.46 Å². The van der Waals surface area contributed by atoms with Crippen molar-refractivity contribution in [2.24, 2.45) is 0 Å². The van der Waals surface area contributed by atoms with E-state index < -0.39 is 24.5 Å². The number of carbonyl (C=O) groups is 1. The first-order valence-corrected chi connectivity index (χ1v) is 8.08. The molecule has 2 heterocycles. The van der Waals surface area contributed by atoms with Crippen molar-refractivity contribution in [2.75, 3.05) is 13.1 Å². The van der Waals surface area contributed by atoms with Gasteiger partial charge in [-0.3, -0.25) is 4.79 Å².